The van der Waals surface area contributed by atoms with Crippen LogP contribution in [0.1, 0.15) is 44.9 Å². The molecule has 1 aliphatic heterocycles. The normalized spacial score (nSPS) is 15.4. The predicted octanol–water partition coefficient (Wildman–Crippen LogP) is 5.08. The highest BCUT2D eigenvalue weighted by Crippen LogP contribution is 2.25. The number of allylic oxidation sites excluding steroid dienone is 3. The van der Waals surface area contributed by atoms with Gasteiger partial charge in [-0.15, -0.1) is 0 Å². The van der Waals surface area contributed by atoms with Crippen LogP contribution in [-0.2, 0) is 16.9 Å². The zero-order valence-electron chi connectivity index (χ0n) is 20.0. The van der Waals surface area contributed by atoms with Crippen LogP contribution in [-0.4, -0.2) is 38.5 Å². The molecule has 0 atom stereocenters. The van der Waals surface area contributed by atoms with Gasteiger partial charge in [0.05, 0.1) is 11.9 Å². The SMILES string of the molecule is CC1=CC(OCc2ncc(F)cc2F)=C(Cl)[B]N1/C=C(C)/C=N/C(=C/F)c1ccnc(C(C)(C)O)n1. The average Bonchev–Trinajstić information content (AvgIpc) is 2.81. The van der Waals surface area contributed by atoms with Crippen LogP contribution >= 0.6 is 11.6 Å². The molecule has 0 unspecified atom stereocenters. The molecule has 1 aliphatic rings. The molecule has 7 nitrogen and oxygen atoms in total. The Morgan fingerprint density at radius 1 is 1.33 bits per heavy atom. The molecule has 0 saturated heterocycles. The molecule has 2 aromatic rings. The third-order valence-corrected chi connectivity index (χ3v) is 5.09. The minimum absolute atomic E-state index is 0.0409. The van der Waals surface area contributed by atoms with E-state index in [1.807, 2.05) is 0 Å². The highest BCUT2D eigenvalue weighted by molar-refractivity contribution is 6.63. The molecule has 3 heterocycles. The van der Waals surface area contributed by atoms with Crippen molar-refractivity contribution in [2.24, 2.45) is 4.99 Å². The highest BCUT2D eigenvalue weighted by atomic mass is 35.5. The van der Waals surface area contributed by atoms with Crippen molar-refractivity contribution < 1.29 is 23.0 Å². The van der Waals surface area contributed by atoms with Gasteiger partial charge in [-0.2, -0.15) is 0 Å². The fourth-order valence-electron chi connectivity index (χ4n) is 2.94. The Hall–Kier alpha value is -3.44. The van der Waals surface area contributed by atoms with E-state index >= 15 is 0 Å². The van der Waals surface area contributed by atoms with Gasteiger partial charge in [0.1, 0.15) is 41.5 Å². The van der Waals surface area contributed by atoms with Crippen molar-refractivity contribution in [3.63, 3.8) is 0 Å². The summed E-state index contributed by atoms with van der Waals surface area (Å²) in [6.07, 6.45) is 7.46. The first kappa shape index (κ1) is 27.2. The van der Waals surface area contributed by atoms with Gasteiger partial charge in [0, 0.05) is 29.1 Å². The van der Waals surface area contributed by atoms with Gasteiger partial charge in [0.15, 0.2) is 11.6 Å². The van der Waals surface area contributed by atoms with Gasteiger partial charge in [0.2, 0.25) is 0 Å². The van der Waals surface area contributed by atoms with Gasteiger partial charge in [-0.05, 0) is 51.6 Å². The second-order valence-corrected chi connectivity index (χ2v) is 8.76. The van der Waals surface area contributed by atoms with Crippen LogP contribution in [0.25, 0.3) is 5.70 Å². The van der Waals surface area contributed by atoms with Crippen molar-refractivity contribution in [3.05, 3.63) is 93.9 Å². The maximum Gasteiger partial charge on any atom is 0.308 e. The largest absolute Gasteiger partial charge is 0.487 e. The van der Waals surface area contributed by atoms with Crippen LogP contribution in [0.5, 0.6) is 0 Å². The zero-order valence-corrected chi connectivity index (χ0v) is 20.8. The molecule has 3 rings (SSSR count). The maximum atomic E-state index is 13.8. The summed E-state index contributed by atoms with van der Waals surface area (Å²) in [6, 6.07) is 2.22. The summed E-state index contributed by atoms with van der Waals surface area (Å²) in [7, 11) is 1.59. The van der Waals surface area contributed by atoms with E-state index in [4.69, 9.17) is 16.3 Å². The van der Waals surface area contributed by atoms with Crippen molar-refractivity contribution in [2.45, 2.75) is 39.9 Å². The van der Waals surface area contributed by atoms with E-state index in [-0.39, 0.29) is 34.4 Å². The Kier molecular flexibility index (Phi) is 8.70. The summed E-state index contributed by atoms with van der Waals surface area (Å²) in [5, 5.41) is 10.1. The Morgan fingerprint density at radius 3 is 2.75 bits per heavy atom. The van der Waals surface area contributed by atoms with Crippen LogP contribution in [0.15, 0.2) is 70.1 Å². The lowest BCUT2D eigenvalue weighted by atomic mass is 9.85. The van der Waals surface area contributed by atoms with Crippen LogP contribution < -0.4 is 0 Å². The predicted molar refractivity (Wildman–Crippen MR) is 132 cm³/mol. The molecular weight excluding hydrogens is 494 g/mol. The molecule has 2 aromatic heterocycles. The Morgan fingerprint density at radius 2 is 2.08 bits per heavy atom. The quantitative estimate of drug-likeness (QED) is 0.389. The van der Waals surface area contributed by atoms with Gasteiger partial charge in [-0.25, -0.2) is 23.1 Å². The molecule has 0 spiro atoms. The number of ether oxygens (including phenoxy) is 1. The third kappa shape index (κ3) is 7.05. The van der Waals surface area contributed by atoms with Gasteiger partial charge >= 0.3 is 7.41 Å². The molecule has 12 heteroatoms. The molecule has 0 aromatic carbocycles. The fraction of sp³-hybridized carbons (Fsp3) is 0.250. The maximum absolute atomic E-state index is 13.8. The van der Waals surface area contributed by atoms with Crippen LogP contribution in [0.3, 0.4) is 0 Å². The van der Waals surface area contributed by atoms with E-state index in [1.54, 1.807) is 38.3 Å². The number of pyridine rings is 1. The van der Waals surface area contributed by atoms with Gasteiger partial charge < -0.3 is 14.7 Å². The number of hydrogen-bond donors (Lipinski definition) is 1. The summed E-state index contributed by atoms with van der Waals surface area (Å²) < 4.78 is 45.9. The third-order valence-electron chi connectivity index (χ3n) is 4.80. The topological polar surface area (TPSA) is 83.7 Å². The Bertz CT molecular complexity index is 1290. The van der Waals surface area contributed by atoms with E-state index in [1.165, 1.54) is 32.3 Å². The molecule has 0 aliphatic carbocycles. The van der Waals surface area contributed by atoms with Crippen molar-refractivity contribution in [3.8, 4) is 0 Å². The molecule has 0 saturated carbocycles. The van der Waals surface area contributed by atoms with Crippen molar-refractivity contribution >= 4 is 30.9 Å². The van der Waals surface area contributed by atoms with Crippen molar-refractivity contribution in [1.29, 1.82) is 0 Å². The number of rotatable bonds is 8. The van der Waals surface area contributed by atoms with Crippen LogP contribution in [0.2, 0.25) is 0 Å². The lowest BCUT2D eigenvalue weighted by Gasteiger charge is -2.26. The summed E-state index contributed by atoms with van der Waals surface area (Å²) in [4.78, 5) is 18.0. The zero-order chi connectivity index (χ0) is 26.5. The standard InChI is InChI=1S/C24H23BClF3N5O2/c1-14(10-31-19(9-27)18-5-6-30-23(33-18)24(3,4)35)12-34-15(2)7-21(22(26)25-34)36-13-20-17(29)8-16(28)11-32-20/h5-12,35H,13H2,1-4H3/b14-12+,19-9+,31-10+. The minimum Gasteiger partial charge on any atom is -0.487 e. The second-order valence-electron chi connectivity index (χ2n) is 8.36. The minimum atomic E-state index is -1.29. The first-order valence-corrected chi connectivity index (χ1v) is 11.1. The van der Waals surface area contributed by atoms with Crippen LogP contribution in [0.4, 0.5) is 13.2 Å². The Labute approximate surface area is 212 Å². The van der Waals surface area contributed by atoms with E-state index in [0.717, 1.165) is 18.0 Å². The molecule has 0 amide bonds. The molecule has 1 N–H and O–H groups in total. The van der Waals surface area contributed by atoms with E-state index < -0.39 is 17.2 Å². The van der Waals surface area contributed by atoms with E-state index in [0.29, 0.717) is 17.7 Å². The van der Waals surface area contributed by atoms with Crippen LogP contribution in [0, 0.1) is 11.6 Å². The lowest BCUT2D eigenvalue weighted by Crippen LogP contribution is -2.25. The lowest BCUT2D eigenvalue weighted by molar-refractivity contribution is 0.0686. The van der Waals surface area contributed by atoms with Crippen molar-refractivity contribution in [2.75, 3.05) is 0 Å². The first-order valence-electron chi connectivity index (χ1n) is 10.7. The summed E-state index contributed by atoms with van der Waals surface area (Å²) >= 11 is 6.32. The van der Waals surface area contributed by atoms with E-state index in [9.17, 15) is 18.3 Å². The molecule has 1 radical (unpaired) electrons. The number of hydrogen-bond acceptors (Lipinski definition) is 7. The summed E-state index contributed by atoms with van der Waals surface area (Å²) in [5.74, 6) is -1.15. The monoisotopic (exact) mass is 516 g/mol. The first-order chi connectivity index (χ1) is 17.0. The number of aliphatic imine (C=N–C) groups is 1. The molecule has 0 fully saturated rings. The molecular formula is C24H23BClF3N5O2. The number of nitrogens with zero attached hydrogens (tertiary/aromatic N) is 5. The Balaban J connectivity index is 1.68. The molecule has 0 bridgehead atoms. The fourth-order valence-corrected chi connectivity index (χ4v) is 3.15. The second kappa shape index (κ2) is 11.5. The van der Waals surface area contributed by atoms with E-state index in [2.05, 4.69) is 19.9 Å². The molecule has 36 heavy (non-hydrogen) atoms. The average molecular weight is 517 g/mol. The van der Waals surface area contributed by atoms with Gasteiger partial charge in [0.25, 0.3) is 0 Å². The highest BCUT2D eigenvalue weighted by Gasteiger charge is 2.21. The summed E-state index contributed by atoms with van der Waals surface area (Å²) in [6.45, 7) is 6.38. The van der Waals surface area contributed by atoms with Gasteiger partial charge in [-0.1, -0.05) is 11.6 Å². The molecule has 187 valence electrons. The number of aliphatic hydroxyl groups is 1. The van der Waals surface area contributed by atoms with Gasteiger partial charge in [-0.3, -0.25) is 9.98 Å². The van der Waals surface area contributed by atoms with Crippen molar-refractivity contribution in [1.82, 2.24) is 19.8 Å². The smallest absolute Gasteiger partial charge is 0.308 e. The number of halogens is 4. The number of aromatic nitrogens is 3. The summed E-state index contributed by atoms with van der Waals surface area (Å²) in [5.41, 5.74) is 0.214.